The molecule has 0 aliphatic heterocycles. The van der Waals surface area contributed by atoms with Crippen molar-refractivity contribution >= 4 is 11.6 Å². The Bertz CT molecular complexity index is 369. The van der Waals surface area contributed by atoms with Crippen LogP contribution in [0.2, 0.25) is 5.02 Å². The molecular weight excluding hydrogens is 234 g/mol. The summed E-state index contributed by atoms with van der Waals surface area (Å²) in [5, 5.41) is 3.94. The standard InChI is InChI=1S/C14H22ClNO/c1-6-14(4,9-16-5)17-13-10(2)7-12(15)8-11(13)3/h7-8,16H,6,9H2,1-5H3. The molecule has 0 saturated carbocycles. The Morgan fingerprint density at radius 1 is 1.29 bits per heavy atom. The maximum atomic E-state index is 6.19. The monoisotopic (exact) mass is 255 g/mol. The lowest BCUT2D eigenvalue weighted by molar-refractivity contribution is 0.0841. The summed E-state index contributed by atoms with van der Waals surface area (Å²) < 4.78 is 6.19. The van der Waals surface area contributed by atoms with Crippen molar-refractivity contribution in [3.63, 3.8) is 0 Å². The number of ether oxygens (including phenoxy) is 1. The zero-order valence-electron chi connectivity index (χ0n) is 11.4. The summed E-state index contributed by atoms with van der Waals surface area (Å²) in [4.78, 5) is 0. The molecule has 1 unspecified atom stereocenters. The molecular formula is C14H22ClNO. The van der Waals surface area contributed by atoms with E-state index in [9.17, 15) is 0 Å². The van der Waals surface area contributed by atoms with Crippen LogP contribution in [0.25, 0.3) is 0 Å². The molecule has 0 aliphatic rings. The molecule has 1 aromatic rings. The molecule has 3 heteroatoms. The van der Waals surface area contributed by atoms with Crippen molar-refractivity contribution in [2.24, 2.45) is 0 Å². The van der Waals surface area contributed by atoms with Gasteiger partial charge in [-0.2, -0.15) is 0 Å². The third-order valence-corrected chi connectivity index (χ3v) is 3.29. The van der Waals surface area contributed by atoms with Gasteiger partial charge in [0, 0.05) is 11.6 Å². The summed E-state index contributed by atoms with van der Waals surface area (Å²) in [6.07, 6.45) is 0.954. The van der Waals surface area contributed by atoms with Gasteiger partial charge in [-0.1, -0.05) is 18.5 Å². The van der Waals surface area contributed by atoms with Gasteiger partial charge in [-0.05, 0) is 57.5 Å². The minimum absolute atomic E-state index is 0.182. The van der Waals surface area contributed by atoms with Crippen LogP contribution in [0, 0.1) is 13.8 Å². The van der Waals surface area contributed by atoms with Crippen molar-refractivity contribution in [1.82, 2.24) is 5.32 Å². The van der Waals surface area contributed by atoms with Crippen LogP contribution in [0.15, 0.2) is 12.1 Å². The number of likely N-dealkylation sites (N-methyl/N-ethyl adjacent to an activating group) is 1. The maximum Gasteiger partial charge on any atom is 0.126 e. The second-order valence-electron chi connectivity index (χ2n) is 4.80. The third-order valence-electron chi connectivity index (χ3n) is 3.07. The van der Waals surface area contributed by atoms with Crippen molar-refractivity contribution in [3.05, 3.63) is 28.3 Å². The second-order valence-corrected chi connectivity index (χ2v) is 5.24. The fourth-order valence-electron chi connectivity index (χ4n) is 1.91. The number of hydrogen-bond acceptors (Lipinski definition) is 2. The molecule has 0 saturated heterocycles. The van der Waals surface area contributed by atoms with Gasteiger partial charge < -0.3 is 10.1 Å². The molecule has 2 nitrogen and oxygen atoms in total. The molecule has 0 radical (unpaired) electrons. The van der Waals surface area contributed by atoms with E-state index in [1.807, 2.05) is 33.0 Å². The molecule has 1 N–H and O–H groups in total. The van der Waals surface area contributed by atoms with Crippen molar-refractivity contribution in [1.29, 1.82) is 0 Å². The van der Waals surface area contributed by atoms with Crippen LogP contribution in [0.5, 0.6) is 5.75 Å². The van der Waals surface area contributed by atoms with Gasteiger partial charge >= 0.3 is 0 Å². The van der Waals surface area contributed by atoms with E-state index < -0.39 is 0 Å². The van der Waals surface area contributed by atoms with E-state index in [-0.39, 0.29) is 5.60 Å². The number of rotatable bonds is 5. The highest BCUT2D eigenvalue weighted by Crippen LogP contribution is 2.30. The molecule has 0 bridgehead atoms. The fourth-order valence-corrected chi connectivity index (χ4v) is 2.24. The lowest BCUT2D eigenvalue weighted by Gasteiger charge is -2.31. The highest BCUT2D eigenvalue weighted by atomic mass is 35.5. The maximum absolute atomic E-state index is 6.19. The summed E-state index contributed by atoms with van der Waals surface area (Å²) in [6, 6.07) is 3.89. The summed E-state index contributed by atoms with van der Waals surface area (Å²) in [5.41, 5.74) is 1.99. The van der Waals surface area contributed by atoms with Crippen LogP contribution >= 0.6 is 11.6 Å². The average molecular weight is 256 g/mol. The van der Waals surface area contributed by atoms with Gasteiger partial charge in [0.25, 0.3) is 0 Å². The molecule has 0 heterocycles. The lowest BCUT2D eigenvalue weighted by Crippen LogP contribution is -2.41. The molecule has 1 rings (SSSR count). The number of hydrogen-bond donors (Lipinski definition) is 1. The molecule has 0 aromatic heterocycles. The van der Waals surface area contributed by atoms with E-state index in [1.165, 1.54) is 0 Å². The third kappa shape index (κ3) is 3.62. The Hall–Kier alpha value is -0.730. The van der Waals surface area contributed by atoms with Crippen molar-refractivity contribution in [2.75, 3.05) is 13.6 Å². The zero-order chi connectivity index (χ0) is 13.1. The van der Waals surface area contributed by atoms with Gasteiger partial charge in [0.2, 0.25) is 0 Å². The number of nitrogens with one attached hydrogen (secondary N) is 1. The molecule has 1 atom stereocenters. The first-order chi connectivity index (χ1) is 7.91. The largest absolute Gasteiger partial charge is 0.486 e. The van der Waals surface area contributed by atoms with Gasteiger partial charge in [-0.3, -0.25) is 0 Å². The minimum atomic E-state index is -0.182. The van der Waals surface area contributed by atoms with Crippen molar-refractivity contribution in [2.45, 2.75) is 39.7 Å². The van der Waals surface area contributed by atoms with E-state index in [2.05, 4.69) is 19.2 Å². The van der Waals surface area contributed by atoms with E-state index in [4.69, 9.17) is 16.3 Å². The first-order valence-corrected chi connectivity index (χ1v) is 6.40. The molecule has 17 heavy (non-hydrogen) atoms. The average Bonchev–Trinajstić information content (AvgIpc) is 2.24. The van der Waals surface area contributed by atoms with Crippen LogP contribution in [-0.4, -0.2) is 19.2 Å². The van der Waals surface area contributed by atoms with Crippen molar-refractivity contribution in [3.8, 4) is 5.75 Å². The molecule has 96 valence electrons. The summed E-state index contributed by atoms with van der Waals surface area (Å²) in [5.74, 6) is 0.953. The Morgan fingerprint density at radius 2 is 1.82 bits per heavy atom. The van der Waals surface area contributed by atoms with Gasteiger partial charge in [0.15, 0.2) is 0 Å². The Morgan fingerprint density at radius 3 is 2.24 bits per heavy atom. The summed E-state index contributed by atoms with van der Waals surface area (Å²) in [6.45, 7) is 9.15. The van der Waals surface area contributed by atoms with Crippen LogP contribution in [0.4, 0.5) is 0 Å². The second kappa shape index (κ2) is 5.74. The van der Waals surface area contributed by atoms with Gasteiger partial charge in [0.1, 0.15) is 11.4 Å². The van der Waals surface area contributed by atoms with Gasteiger partial charge in [-0.25, -0.2) is 0 Å². The molecule has 1 aromatic carbocycles. The van der Waals surface area contributed by atoms with Crippen LogP contribution in [0.3, 0.4) is 0 Å². The quantitative estimate of drug-likeness (QED) is 0.866. The lowest BCUT2D eigenvalue weighted by atomic mass is 10.0. The minimum Gasteiger partial charge on any atom is -0.486 e. The number of benzene rings is 1. The van der Waals surface area contributed by atoms with Crippen LogP contribution in [0.1, 0.15) is 31.4 Å². The van der Waals surface area contributed by atoms with Crippen molar-refractivity contribution < 1.29 is 4.74 Å². The first kappa shape index (κ1) is 14.3. The predicted octanol–water partition coefficient (Wildman–Crippen LogP) is 3.72. The van der Waals surface area contributed by atoms with E-state index in [1.54, 1.807) is 0 Å². The topological polar surface area (TPSA) is 21.3 Å². The summed E-state index contributed by atoms with van der Waals surface area (Å²) in [7, 11) is 1.94. The van der Waals surface area contributed by atoms with Gasteiger partial charge in [-0.15, -0.1) is 0 Å². The molecule has 0 fully saturated rings. The molecule has 0 spiro atoms. The smallest absolute Gasteiger partial charge is 0.126 e. The highest BCUT2D eigenvalue weighted by Gasteiger charge is 2.24. The van der Waals surface area contributed by atoms with E-state index in [0.29, 0.717) is 0 Å². The van der Waals surface area contributed by atoms with Crippen LogP contribution in [-0.2, 0) is 0 Å². The zero-order valence-corrected chi connectivity index (χ0v) is 12.1. The van der Waals surface area contributed by atoms with E-state index >= 15 is 0 Å². The Labute approximate surface area is 109 Å². The fraction of sp³-hybridized carbons (Fsp3) is 0.571. The SMILES string of the molecule is CCC(C)(CNC)Oc1c(C)cc(Cl)cc1C. The van der Waals surface area contributed by atoms with Gasteiger partial charge in [0.05, 0.1) is 0 Å². The van der Waals surface area contributed by atoms with Crippen LogP contribution < -0.4 is 10.1 Å². The normalized spacial score (nSPS) is 14.5. The number of halogens is 1. The molecule has 0 amide bonds. The predicted molar refractivity (Wildman–Crippen MR) is 74.2 cm³/mol. The molecule has 0 aliphatic carbocycles. The Kier molecular flexibility index (Phi) is 4.84. The summed E-state index contributed by atoms with van der Waals surface area (Å²) >= 11 is 6.02. The first-order valence-electron chi connectivity index (χ1n) is 6.02. The highest BCUT2D eigenvalue weighted by molar-refractivity contribution is 6.30. The van der Waals surface area contributed by atoms with E-state index in [0.717, 1.165) is 34.9 Å². The Balaban J connectivity index is 3.01. The number of aryl methyl sites for hydroxylation is 2.